The summed E-state index contributed by atoms with van der Waals surface area (Å²) in [4.78, 5) is 23.3. The van der Waals surface area contributed by atoms with Crippen LogP contribution in [0.4, 0.5) is 0 Å². The van der Waals surface area contributed by atoms with E-state index in [0.29, 0.717) is 23.6 Å². The molecule has 1 aromatic carbocycles. The van der Waals surface area contributed by atoms with E-state index in [2.05, 4.69) is 15.4 Å². The molecule has 0 aliphatic rings. The number of amides is 2. The zero-order chi connectivity index (χ0) is 15.7. The summed E-state index contributed by atoms with van der Waals surface area (Å²) in [6.07, 6.45) is 0. The number of hydrogen-bond donors (Lipinski definition) is 2. The molecule has 0 aliphatic carbocycles. The lowest BCUT2D eigenvalue weighted by Gasteiger charge is -2.13. The highest BCUT2D eigenvalue weighted by Crippen LogP contribution is 2.27. The molecule has 0 heterocycles. The average molecular weight is 296 g/mol. The van der Waals surface area contributed by atoms with Crippen molar-refractivity contribution in [1.82, 2.24) is 10.6 Å². The Morgan fingerprint density at radius 1 is 1.00 bits per heavy atom. The predicted octanol–water partition coefficient (Wildman–Crippen LogP) is 0.196. The van der Waals surface area contributed by atoms with Gasteiger partial charge in [0.05, 0.1) is 14.2 Å². The first-order valence-corrected chi connectivity index (χ1v) is 6.38. The standard InChI is InChI=1S/C14H20N2O5/c1-19-9-12(17)15-7-8-16-14(18)13-10(20-2)5-4-6-11(13)21-3/h4-6H,7-9H2,1-3H3,(H,15,17)(H,16,18). The van der Waals surface area contributed by atoms with E-state index in [-0.39, 0.29) is 25.0 Å². The summed E-state index contributed by atoms with van der Waals surface area (Å²) in [7, 11) is 4.41. The quantitative estimate of drug-likeness (QED) is 0.669. The molecular formula is C14H20N2O5. The summed E-state index contributed by atoms with van der Waals surface area (Å²) in [6, 6.07) is 5.09. The van der Waals surface area contributed by atoms with Gasteiger partial charge in [-0.3, -0.25) is 9.59 Å². The maximum absolute atomic E-state index is 12.2. The van der Waals surface area contributed by atoms with Crippen molar-refractivity contribution in [2.45, 2.75) is 0 Å². The van der Waals surface area contributed by atoms with Gasteiger partial charge in [-0.15, -0.1) is 0 Å². The molecule has 0 saturated carbocycles. The molecule has 1 aromatic rings. The third-order valence-electron chi connectivity index (χ3n) is 2.66. The van der Waals surface area contributed by atoms with Crippen LogP contribution in [-0.2, 0) is 9.53 Å². The molecule has 0 bridgehead atoms. The Bertz CT molecular complexity index is 468. The zero-order valence-electron chi connectivity index (χ0n) is 12.4. The lowest BCUT2D eigenvalue weighted by Crippen LogP contribution is -2.36. The van der Waals surface area contributed by atoms with Crippen molar-refractivity contribution in [2.24, 2.45) is 0 Å². The van der Waals surface area contributed by atoms with E-state index in [1.807, 2.05) is 0 Å². The minimum atomic E-state index is -0.328. The highest BCUT2D eigenvalue weighted by atomic mass is 16.5. The van der Waals surface area contributed by atoms with Gasteiger partial charge in [0.15, 0.2) is 0 Å². The van der Waals surface area contributed by atoms with Crippen LogP contribution in [0.5, 0.6) is 11.5 Å². The fourth-order valence-corrected chi connectivity index (χ4v) is 1.72. The van der Waals surface area contributed by atoms with E-state index in [1.54, 1.807) is 18.2 Å². The number of hydrogen-bond acceptors (Lipinski definition) is 5. The Morgan fingerprint density at radius 2 is 1.57 bits per heavy atom. The maximum atomic E-state index is 12.2. The third-order valence-corrected chi connectivity index (χ3v) is 2.66. The Balaban J connectivity index is 2.58. The Hall–Kier alpha value is -2.28. The molecule has 7 nitrogen and oxygen atoms in total. The molecule has 0 unspecified atom stereocenters. The van der Waals surface area contributed by atoms with Crippen LogP contribution in [0, 0.1) is 0 Å². The van der Waals surface area contributed by atoms with Gasteiger partial charge in [0.1, 0.15) is 23.7 Å². The van der Waals surface area contributed by atoms with E-state index < -0.39 is 0 Å². The largest absolute Gasteiger partial charge is 0.496 e. The molecule has 21 heavy (non-hydrogen) atoms. The number of nitrogens with one attached hydrogen (secondary N) is 2. The fraction of sp³-hybridized carbons (Fsp3) is 0.429. The molecule has 0 saturated heterocycles. The minimum absolute atomic E-state index is 0.00568. The van der Waals surface area contributed by atoms with Crippen LogP contribution < -0.4 is 20.1 Å². The van der Waals surface area contributed by atoms with Crippen LogP contribution in [0.25, 0.3) is 0 Å². The summed E-state index contributed by atoms with van der Waals surface area (Å²) >= 11 is 0. The summed E-state index contributed by atoms with van der Waals surface area (Å²) < 4.78 is 15.0. The van der Waals surface area contributed by atoms with Crippen LogP contribution in [0.3, 0.4) is 0 Å². The summed E-state index contributed by atoms with van der Waals surface area (Å²) in [5.41, 5.74) is 0.325. The van der Waals surface area contributed by atoms with Gasteiger partial charge < -0.3 is 24.8 Å². The van der Waals surface area contributed by atoms with Crippen molar-refractivity contribution in [3.8, 4) is 11.5 Å². The van der Waals surface area contributed by atoms with Crippen LogP contribution in [0.2, 0.25) is 0 Å². The van der Waals surface area contributed by atoms with Gasteiger partial charge in [-0.2, -0.15) is 0 Å². The Morgan fingerprint density at radius 3 is 2.10 bits per heavy atom. The van der Waals surface area contributed by atoms with Crippen LogP contribution in [-0.4, -0.2) is 52.8 Å². The number of carbonyl (C=O) groups is 2. The molecule has 0 aromatic heterocycles. The molecule has 116 valence electrons. The molecular weight excluding hydrogens is 276 g/mol. The average Bonchev–Trinajstić information content (AvgIpc) is 2.50. The van der Waals surface area contributed by atoms with Crippen molar-refractivity contribution >= 4 is 11.8 Å². The second-order valence-electron chi connectivity index (χ2n) is 4.08. The number of benzene rings is 1. The molecule has 7 heteroatoms. The topological polar surface area (TPSA) is 85.9 Å². The molecule has 0 radical (unpaired) electrons. The second kappa shape index (κ2) is 8.80. The first-order chi connectivity index (χ1) is 10.1. The van der Waals surface area contributed by atoms with Crippen molar-refractivity contribution in [1.29, 1.82) is 0 Å². The van der Waals surface area contributed by atoms with Gasteiger partial charge in [0, 0.05) is 20.2 Å². The van der Waals surface area contributed by atoms with Crippen molar-refractivity contribution < 1.29 is 23.8 Å². The van der Waals surface area contributed by atoms with Crippen molar-refractivity contribution in [3.05, 3.63) is 23.8 Å². The van der Waals surface area contributed by atoms with Gasteiger partial charge in [0.25, 0.3) is 5.91 Å². The number of rotatable bonds is 8. The SMILES string of the molecule is COCC(=O)NCCNC(=O)c1c(OC)cccc1OC. The van der Waals surface area contributed by atoms with E-state index in [0.717, 1.165) is 0 Å². The number of carbonyl (C=O) groups excluding carboxylic acids is 2. The first kappa shape index (κ1) is 16.8. The minimum Gasteiger partial charge on any atom is -0.496 e. The van der Waals surface area contributed by atoms with E-state index in [4.69, 9.17) is 9.47 Å². The molecule has 0 spiro atoms. The third kappa shape index (κ3) is 4.96. The highest BCUT2D eigenvalue weighted by molar-refractivity contribution is 5.99. The fourth-order valence-electron chi connectivity index (χ4n) is 1.72. The lowest BCUT2D eigenvalue weighted by molar-refractivity contribution is -0.124. The molecule has 0 atom stereocenters. The van der Waals surface area contributed by atoms with Crippen LogP contribution in [0.1, 0.15) is 10.4 Å². The van der Waals surface area contributed by atoms with Crippen molar-refractivity contribution in [2.75, 3.05) is 41.0 Å². The Kier molecular flexibility index (Phi) is 7.03. The smallest absolute Gasteiger partial charge is 0.258 e. The number of methoxy groups -OCH3 is 3. The van der Waals surface area contributed by atoms with Gasteiger partial charge >= 0.3 is 0 Å². The Labute approximate surface area is 123 Å². The molecule has 2 N–H and O–H groups in total. The lowest BCUT2D eigenvalue weighted by atomic mass is 10.1. The highest BCUT2D eigenvalue weighted by Gasteiger charge is 2.17. The van der Waals surface area contributed by atoms with E-state index in [1.165, 1.54) is 21.3 Å². The van der Waals surface area contributed by atoms with E-state index >= 15 is 0 Å². The maximum Gasteiger partial charge on any atom is 0.258 e. The van der Waals surface area contributed by atoms with Gasteiger partial charge in [0.2, 0.25) is 5.91 Å². The van der Waals surface area contributed by atoms with Crippen LogP contribution >= 0.6 is 0 Å². The molecule has 0 fully saturated rings. The molecule has 0 aliphatic heterocycles. The molecule has 2 amide bonds. The first-order valence-electron chi connectivity index (χ1n) is 6.38. The van der Waals surface area contributed by atoms with Crippen LogP contribution in [0.15, 0.2) is 18.2 Å². The summed E-state index contributed by atoms with van der Waals surface area (Å²) in [6.45, 7) is 0.592. The monoisotopic (exact) mass is 296 g/mol. The van der Waals surface area contributed by atoms with Gasteiger partial charge in [-0.25, -0.2) is 0 Å². The number of ether oxygens (including phenoxy) is 3. The normalized spacial score (nSPS) is 9.86. The van der Waals surface area contributed by atoms with Gasteiger partial charge in [-0.05, 0) is 12.1 Å². The second-order valence-corrected chi connectivity index (χ2v) is 4.08. The molecule has 1 rings (SSSR count). The van der Waals surface area contributed by atoms with E-state index in [9.17, 15) is 9.59 Å². The summed E-state index contributed by atoms with van der Waals surface area (Å²) in [5.74, 6) is 0.289. The predicted molar refractivity (Wildman–Crippen MR) is 76.8 cm³/mol. The summed E-state index contributed by atoms with van der Waals surface area (Å²) in [5, 5.41) is 5.30. The van der Waals surface area contributed by atoms with Crippen molar-refractivity contribution in [3.63, 3.8) is 0 Å². The van der Waals surface area contributed by atoms with Gasteiger partial charge in [-0.1, -0.05) is 6.07 Å². The zero-order valence-corrected chi connectivity index (χ0v) is 12.4.